The third-order valence-electron chi connectivity index (χ3n) is 4.47. The van der Waals surface area contributed by atoms with Crippen molar-refractivity contribution < 1.29 is 4.39 Å². The van der Waals surface area contributed by atoms with E-state index in [2.05, 4.69) is 20.2 Å². The minimum atomic E-state index is -0.264. The van der Waals surface area contributed by atoms with E-state index in [0.29, 0.717) is 10.1 Å². The minimum Gasteiger partial charge on any atom is -0.348 e. The molecule has 3 aromatic rings. The highest BCUT2D eigenvalue weighted by atomic mass is 35.5. The number of anilines is 1. The molecule has 1 unspecified atom stereocenters. The number of halogens is 2. The van der Waals surface area contributed by atoms with Crippen LogP contribution in [-0.4, -0.2) is 26.5 Å². The summed E-state index contributed by atoms with van der Waals surface area (Å²) in [5, 5.41) is 4.52. The van der Waals surface area contributed by atoms with Crippen molar-refractivity contribution in [2.45, 2.75) is 12.5 Å². The molecule has 2 heterocycles. The van der Waals surface area contributed by atoms with Gasteiger partial charge < -0.3 is 15.2 Å². The molecule has 4 rings (SSSR count). The van der Waals surface area contributed by atoms with Crippen molar-refractivity contribution in [1.29, 1.82) is 0 Å². The summed E-state index contributed by atoms with van der Waals surface area (Å²) < 4.78 is 13.4. The minimum absolute atomic E-state index is 0.169. The van der Waals surface area contributed by atoms with Crippen molar-refractivity contribution in [3.63, 3.8) is 0 Å². The van der Waals surface area contributed by atoms with Crippen LogP contribution in [0.15, 0.2) is 54.9 Å². The Balaban J connectivity index is 1.66. The molecular formula is C19H16ClFN4S. The number of hydrogen-bond donors (Lipinski definition) is 2. The fraction of sp³-hybridized carbons (Fsp3) is 0.158. The largest absolute Gasteiger partial charge is 0.348 e. The number of hydrogen-bond acceptors (Lipinski definition) is 2. The van der Waals surface area contributed by atoms with E-state index >= 15 is 0 Å². The van der Waals surface area contributed by atoms with Gasteiger partial charge in [0.25, 0.3) is 0 Å². The number of fused-ring (bicyclic) bond motifs is 1. The third-order valence-corrected chi connectivity index (χ3v) is 5.06. The Morgan fingerprint density at radius 3 is 2.65 bits per heavy atom. The predicted octanol–water partition coefficient (Wildman–Crippen LogP) is 4.55. The van der Waals surface area contributed by atoms with Gasteiger partial charge in [-0.2, -0.15) is 0 Å². The number of nitrogens with zero attached hydrogens (tertiary/aromatic N) is 2. The van der Waals surface area contributed by atoms with Crippen molar-refractivity contribution in [2.75, 3.05) is 11.9 Å². The first kappa shape index (κ1) is 17.0. The van der Waals surface area contributed by atoms with Gasteiger partial charge >= 0.3 is 0 Å². The van der Waals surface area contributed by atoms with Crippen LogP contribution in [0.5, 0.6) is 0 Å². The molecule has 0 spiro atoms. The lowest BCUT2D eigenvalue weighted by Gasteiger charge is -2.37. The topological polar surface area (TPSA) is 44.0 Å². The van der Waals surface area contributed by atoms with Crippen molar-refractivity contribution >= 4 is 34.6 Å². The average Bonchev–Trinajstić information content (AvgIpc) is 3.12. The molecule has 132 valence electrons. The van der Waals surface area contributed by atoms with Gasteiger partial charge in [0.05, 0.1) is 12.0 Å². The normalized spacial score (nSPS) is 16.2. The lowest BCUT2D eigenvalue weighted by molar-refractivity contribution is 0.336. The van der Waals surface area contributed by atoms with E-state index in [9.17, 15) is 4.39 Å². The highest BCUT2D eigenvalue weighted by molar-refractivity contribution is 7.80. The maximum absolute atomic E-state index is 13.4. The van der Waals surface area contributed by atoms with Crippen LogP contribution >= 0.6 is 23.8 Å². The second-order valence-electron chi connectivity index (χ2n) is 6.10. The molecule has 2 N–H and O–H groups in total. The van der Waals surface area contributed by atoms with Crippen molar-refractivity contribution in [1.82, 2.24) is 14.9 Å². The quantitative estimate of drug-likeness (QED) is 0.634. The number of thiocarbonyl (C=S) groups is 1. The van der Waals surface area contributed by atoms with E-state index in [-0.39, 0.29) is 11.9 Å². The van der Waals surface area contributed by atoms with Crippen molar-refractivity contribution in [3.05, 3.63) is 82.6 Å². The zero-order valence-corrected chi connectivity index (χ0v) is 15.3. The van der Waals surface area contributed by atoms with E-state index in [1.54, 1.807) is 18.5 Å². The molecular weight excluding hydrogens is 371 g/mol. The van der Waals surface area contributed by atoms with Crippen molar-refractivity contribution in [3.8, 4) is 0 Å². The monoisotopic (exact) mass is 386 g/mol. The second-order valence-corrected chi connectivity index (χ2v) is 6.92. The first-order valence-electron chi connectivity index (χ1n) is 8.22. The SMILES string of the molecule is Fc1ccc(C2c3nc[nH]c3CCN2C(=S)Nc2ccc(Cl)cc2)cc1. The van der Waals surface area contributed by atoms with Gasteiger partial charge in [-0.1, -0.05) is 23.7 Å². The van der Waals surface area contributed by atoms with E-state index in [4.69, 9.17) is 23.8 Å². The zero-order valence-electron chi connectivity index (χ0n) is 13.7. The van der Waals surface area contributed by atoms with Gasteiger partial charge in [0.1, 0.15) is 11.9 Å². The first-order valence-corrected chi connectivity index (χ1v) is 9.01. The molecule has 2 aromatic carbocycles. The summed E-state index contributed by atoms with van der Waals surface area (Å²) in [4.78, 5) is 9.77. The van der Waals surface area contributed by atoms with E-state index in [1.807, 2.05) is 24.3 Å². The third kappa shape index (κ3) is 3.30. The maximum Gasteiger partial charge on any atom is 0.174 e. The van der Waals surface area contributed by atoms with Gasteiger partial charge in [-0.3, -0.25) is 0 Å². The Bertz CT molecular complexity index is 923. The molecule has 7 heteroatoms. The smallest absolute Gasteiger partial charge is 0.174 e. The van der Waals surface area contributed by atoms with E-state index in [0.717, 1.165) is 35.6 Å². The first-order chi connectivity index (χ1) is 12.6. The molecule has 0 amide bonds. The average molecular weight is 387 g/mol. The van der Waals surface area contributed by atoms with Crippen LogP contribution < -0.4 is 5.32 Å². The molecule has 1 aliphatic rings. The summed E-state index contributed by atoms with van der Waals surface area (Å²) in [6.07, 6.45) is 2.51. The number of imidazole rings is 1. The van der Waals surface area contributed by atoms with Crippen LogP contribution in [0.2, 0.25) is 5.02 Å². The molecule has 0 saturated carbocycles. The molecule has 4 nitrogen and oxygen atoms in total. The summed E-state index contributed by atoms with van der Waals surface area (Å²) in [6, 6.07) is 13.7. The van der Waals surface area contributed by atoms with Gasteiger partial charge in [0, 0.05) is 29.4 Å². The van der Waals surface area contributed by atoms with Crippen LogP contribution in [0.3, 0.4) is 0 Å². The Kier molecular flexibility index (Phi) is 4.61. The van der Waals surface area contributed by atoms with Gasteiger partial charge in [-0.15, -0.1) is 0 Å². The van der Waals surface area contributed by atoms with Gasteiger partial charge in [-0.05, 0) is 54.2 Å². The molecule has 0 bridgehead atoms. The number of H-pyrrole nitrogens is 1. The lowest BCUT2D eigenvalue weighted by Crippen LogP contribution is -2.43. The standard InChI is InChI=1S/C19H16ClFN4S/c20-13-3-7-15(8-4-13)24-19(26)25-10-9-16-17(23-11-22-16)18(25)12-1-5-14(21)6-2-12/h1-8,11,18H,9-10H2,(H,22,23)(H,24,26). The molecule has 1 aliphatic heterocycles. The van der Waals surface area contributed by atoms with Crippen LogP contribution in [0.4, 0.5) is 10.1 Å². The molecule has 26 heavy (non-hydrogen) atoms. The Hall–Kier alpha value is -2.44. The Morgan fingerprint density at radius 1 is 1.19 bits per heavy atom. The van der Waals surface area contributed by atoms with Crippen LogP contribution in [0, 0.1) is 5.82 Å². The van der Waals surface area contributed by atoms with Crippen molar-refractivity contribution in [2.24, 2.45) is 0 Å². The van der Waals surface area contributed by atoms with Crippen LogP contribution in [0.25, 0.3) is 0 Å². The predicted molar refractivity (Wildman–Crippen MR) is 105 cm³/mol. The zero-order chi connectivity index (χ0) is 18.1. The molecule has 1 aromatic heterocycles. The van der Waals surface area contributed by atoms with Gasteiger partial charge in [0.15, 0.2) is 5.11 Å². The van der Waals surface area contributed by atoms with Gasteiger partial charge in [-0.25, -0.2) is 9.37 Å². The van der Waals surface area contributed by atoms with E-state index in [1.165, 1.54) is 12.1 Å². The summed E-state index contributed by atoms with van der Waals surface area (Å²) in [5.74, 6) is -0.264. The summed E-state index contributed by atoms with van der Waals surface area (Å²) >= 11 is 11.6. The number of nitrogens with one attached hydrogen (secondary N) is 2. The molecule has 0 saturated heterocycles. The highest BCUT2D eigenvalue weighted by Crippen LogP contribution is 2.34. The van der Waals surface area contributed by atoms with Crippen LogP contribution in [0.1, 0.15) is 23.0 Å². The Morgan fingerprint density at radius 2 is 1.92 bits per heavy atom. The Labute approximate surface area is 161 Å². The highest BCUT2D eigenvalue weighted by Gasteiger charge is 2.32. The molecule has 0 fully saturated rings. The fourth-order valence-electron chi connectivity index (χ4n) is 3.21. The summed E-state index contributed by atoms with van der Waals surface area (Å²) in [5.41, 5.74) is 3.82. The summed E-state index contributed by atoms with van der Waals surface area (Å²) in [6.45, 7) is 0.733. The number of aromatic nitrogens is 2. The van der Waals surface area contributed by atoms with Crippen LogP contribution in [-0.2, 0) is 6.42 Å². The fourth-order valence-corrected chi connectivity index (χ4v) is 3.65. The summed E-state index contributed by atoms with van der Waals surface area (Å²) in [7, 11) is 0. The number of aromatic amines is 1. The second kappa shape index (κ2) is 7.05. The molecule has 0 aliphatic carbocycles. The lowest BCUT2D eigenvalue weighted by atomic mass is 9.96. The molecule has 0 radical (unpaired) electrons. The maximum atomic E-state index is 13.4. The number of rotatable bonds is 2. The number of benzene rings is 2. The molecule has 1 atom stereocenters. The van der Waals surface area contributed by atoms with E-state index < -0.39 is 0 Å². The van der Waals surface area contributed by atoms with Gasteiger partial charge in [0.2, 0.25) is 0 Å².